The summed E-state index contributed by atoms with van der Waals surface area (Å²) < 4.78 is 1.06. The number of thioether (sulfide) groups is 1. The van der Waals surface area contributed by atoms with Crippen LogP contribution in [0.15, 0.2) is 85.5 Å². The first-order valence-electron chi connectivity index (χ1n) is 9.72. The topological polar surface area (TPSA) is 87.5 Å². The maximum atomic E-state index is 12.9. The van der Waals surface area contributed by atoms with Crippen LogP contribution < -0.4 is 11.2 Å². The number of para-hydroxylation sites is 1. The number of halogens is 1. The van der Waals surface area contributed by atoms with E-state index in [2.05, 4.69) is 4.98 Å². The lowest BCUT2D eigenvalue weighted by molar-refractivity contribution is 0.429. The van der Waals surface area contributed by atoms with E-state index < -0.39 is 17.1 Å². The van der Waals surface area contributed by atoms with Gasteiger partial charge in [0.1, 0.15) is 5.56 Å². The number of hydrogen-bond acceptors (Lipinski definition) is 6. The smallest absolute Gasteiger partial charge is 0.335 e. The van der Waals surface area contributed by atoms with Gasteiger partial charge in [0.05, 0.1) is 17.1 Å². The Bertz CT molecular complexity index is 1440. The van der Waals surface area contributed by atoms with Crippen LogP contribution in [0.3, 0.4) is 0 Å². The van der Waals surface area contributed by atoms with Crippen LogP contribution in [0.2, 0.25) is 5.02 Å². The zero-order valence-electron chi connectivity index (χ0n) is 16.5. The number of aliphatic imine (C=N–C) groups is 1. The Morgan fingerprint density at radius 3 is 2.59 bits per heavy atom. The van der Waals surface area contributed by atoms with Crippen LogP contribution in [-0.2, 0) is 0 Å². The van der Waals surface area contributed by atoms with Gasteiger partial charge in [-0.2, -0.15) is 0 Å². The molecule has 3 heterocycles. The molecule has 6 nitrogen and oxygen atoms in total. The van der Waals surface area contributed by atoms with Crippen molar-refractivity contribution in [3.63, 3.8) is 0 Å². The third kappa shape index (κ3) is 3.81. The van der Waals surface area contributed by atoms with Crippen LogP contribution in [0.1, 0.15) is 22.1 Å². The molecule has 0 saturated heterocycles. The lowest BCUT2D eigenvalue weighted by atomic mass is 10.1. The van der Waals surface area contributed by atoms with E-state index in [-0.39, 0.29) is 10.8 Å². The maximum absolute atomic E-state index is 12.9. The van der Waals surface area contributed by atoms with Crippen molar-refractivity contribution in [2.75, 3.05) is 0 Å². The zero-order chi connectivity index (χ0) is 22.2. The highest BCUT2D eigenvalue weighted by Gasteiger charge is 2.28. The van der Waals surface area contributed by atoms with Crippen molar-refractivity contribution in [1.82, 2.24) is 9.55 Å². The molecule has 160 valence electrons. The van der Waals surface area contributed by atoms with Gasteiger partial charge in [-0.3, -0.25) is 14.8 Å². The normalized spacial score (nSPS) is 15.7. The highest BCUT2D eigenvalue weighted by molar-refractivity contribution is 7.99. The fourth-order valence-electron chi connectivity index (χ4n) is 3.62. The second-order valence-electron chi connectivity index (χ2n) is 7.12. The Labute approximate surface area is 195 Å². The molecule has 4 aromatic rings. The van der Waals surface area contributed by atoms with Gasteiger partial charge in [0, 0.05) is 26.5 Å². The fraction of sp³-hybridized carbons (Fsp3) is 0.0870. The van der Waals surface area contributed by atoms with Crippen LogP contribution in [0.5, 0.6) is 5.88 Å². The van der Waals surface area contributed by atoms with Gasteiger partial charge in [-0.25, -0.2) is 9.36 Å². The number of fused-ring (bicyclic) bond motifs is 1. The van der Waals surface area contributed by atoms with Crippen LogP contribution in [0.4, 0.5) is 5.69 Å². The van der Waals surface area contributed by atoms with Crippen molar-refractivity contribution in [3.8, 4) is 11.6 Å². The molecule has 0 amide bonds. The first-order valence-corrected chi connectivity index (χ1v) is 11.9. The third-order valence-electron chi connectivity index (χ3n) is 5.09. The van der Waals surface area contributed by atoms with E-state index in [1.54, 1.807) is 47.4 Å². The van der Waals surface area contributed by atoms with Gasteiger partial charge in [-0.1, -0.05) is 29.8 Å². The Morgan fingerprint density at radius 2 is 1.84 bits per heavy atom. The minimum Gasteiger partial charge on any atom is -0.493 e. The molecule has 1 aliphatic rings. The number of rotatable bonds is 3. The molecular weight excluding hydrogens is 466 g/mol. The minimum atomic E-state index is -0.739. The van der Waals surface area contributed by atoms with Crippen LogP contribution in [0, 0.1) is 0 Å². The van der Waals surface area contributed by atoms with Crippen molar-refractivity contribution in [3.05, 3.63) is 102 Å². The Hall–Kier alpha value is -3.07. The van der Waals surface area contributed by atoms with E-state index in [0.29, 0.717) is 22.8 Å². The Kier molecular flexibility index (Phi) is 5.50. The molecule has 0 spiro atoms. The van der Waals surface area contributed by atoms with E-state index in [4.69, 9.17) is 16.6 Å². The molecule has 0 aliphatic carbocycles. The molecule has 2 aromatic carbocycles. The SMILES string of the molecule is O=c1[nH]c(=O)n(-c2ccc(Cl)cc2)c(O)c1C1=Nc2ccccc2S[C@@H](c2cccs2)C1. The molecular formula is C23H16ClN3O3S2. The predicted molar refractivity (Wildman–Crippen MR) is 130 cm³/mol. The molecule has 0 radical (unpaired) electrons. The zero-order valence-corrected chi connectivity index (χ0v) is 18.9. The maximum Gasteiger partial charge on any atom is 0.335 e. The molecule has 9 heteroatoms. The molecule has 2 aromatic heterocycles. The summed E-state index contributed by atoms with van der Waals surface area (Å²) in [5.41, 5.74) is 0.0895. The van der Waals surface area contributed by atoms with Gasteiger partial charge in [0.15, 0.2) is 0 Å². The van der Waals surface area contributed by atoms with Gasteiger partial charge >= 0.3 is 5.69 Å². The van der Waals surface area contributed by atoms with E-state index in [1.165, 1.54) is 0 Å². The quantitative estimate of drug-likeness (QED) is 0.415. The fourth-order valence-corrected chi connectivity index (χ4v) is 5.89. The number of benzene rings is 2. The minimum absolute atomic E-state index is 0.00658. The molecule has 0 fully saturated rings. The van der Waals surface area contributed by atoms with E-state index >= 15 is 0 Å². The third-order valence-corrected chi connectivity index (χ3v) is 7.78. The lowest BCUT2D eigenvalue weighted by Crippen LogP contribution is -2.33. The van der Waals surface area contributed by atoms with Crippen molar-refractivity contribution in [2.45, 2.75) is 16.6 Å². The molecule has 32 heavy (non-hydrogen) atoms. The summed E-state index contributed by atoms with van der Waals surface area (Å²) in [6.45, 7) is 0. The van der Waals surface area contributed by atoms with E-state index in [0.717, 1.165) is 20.0 Å². The number of nitrogens with zero attached hydrogens (tertiary/aromatic N) is 2. The number of aromatic amines is 1. The largest absolute Gasteiger partial charge is 0.493 e. The average molecular weight is 482 g/mol. The second kappa shape index (κ2) is 8.46. The second-order valence-corrected chi connectivity index (χ2v) is 9.78. The molecule has 0 unspecified atom stereocenters. The van der Waals surface area contributed by atoms with Gasteiger partial charge in [0.25, 0.3) is 5.56 Å². The van der Waals surface area contributed by atoms with Crippen LogP contribution in [0.25, 0.3) is 5.69 Å². The highest BCUT2D eigenvalue weighted by atomic mass is 35.5. The highest BCUT2D eigenvalue weighted by Crippen LogP contribution is 2.46. The number of hydrogen-bond donors (Lipinski definition) is 2. The van der Waals surface area contributed by atoms with Crippen molar-refractivity contribution < 1.29 is 5.11 Å². The monoisotopic (exact) mass is 481 g/mol. The van der Waals surface area contributed by atoms with Gasteiger partial charge in [0.2, 0.25) is 5.88 Å². The molecule has 0 saturated carbocycles. The lowest BCUT2D eigenvalue weighted by Gasteiger charge is -2.15. The number of H-pyrrole nitrogens is 1. The molecule has 0 bridgehead atoms. The number of nitrogens with one attached hydrogen (secondary N) is 1. The predicted octanol–water partition coefficient (Wildman–Crippen LogP) is 5.30. The number of aromatic hydroxyl groups is 1. The Balaban J connectivity index is 1.71. The number of aromatic nitrogens is 2. The first-order chi connectivity index (χ1) is 15.5. The molecule has 2 N–H and O–H groups in total. The van der Waals surface area contributed by atoms with Crippen LogP contribution in [-0.4, -0.2) is 20.4 Å². The standard InChI is InChI=1S/C23H16ClN3O3S2/c24-13-7-9-14(10-8-13)27-22(29)20(21(28)26-23(27)30)16-12-19(18-6-3-11-31-18)32-17-5-2-1-4-15(17)25-16/h1-11,19,29H,12H2,(H,26,28,30)/t19-/m1/s1. The summed E-state index contributed by atoms with van der Waals surface area (Å²) in [4.78, 5) is 34.7. The average Bonchev–Trinajstić information content (AvgIpc) is 3.23. The van der Waals surface area contributed by atoms with Gasteiger partial charge in [-0.05, 0) is 47.8 Å². The van der Waals surface area contributed by atoms with E-state index in [9.17, 15) is 14.7 Å². The first kappa shape index (κ1) is 20.8. The van der Waals surface area contributed by atoms with Crippen molar-refractivity contribution in [2.24, 2.45) is 4.99 Å². The van der Waals surface area contributed by atoms with E-state index in [1.807, 2.05) is 41.8 Å². The number of thiophene rings is 1. The van der Waals surface area contributed by atoms with Gasteiger partial charge in [-0.15, -0.1) is 23.1 Å². The molecule has 1 atom stereocenters. The summed E-state index contributed by atoms with van der Waals surface area (Å²) >= 11 is 9.26. The summed E-state index contributed by atoms with van der Waals surface area (Å²) in [5, 5.41) is 13.6. The summed E-state index contributed by atoms with van der Waals surface area (Å²) in [5.74, 6) is -0.450. The van der Waals surface area contributed by atoms with Crippen molar-refractivity contribution in [1.29, 1.82) is 0 Å². The summed E-state index contributed by atoms with van der Waals surface area (Å²) in [6.07, 6.45) is 0.412. The summed E-state index contributed by atoms with van der Waals surface area (Å²) in [7, 11) is 0. The summed E-state index contributed by atoms with van der Waals surface area (Å²) in [6, 6.07) is 18.1. The van der Waals surface area contributed by atoms with Crippen LogP contribution >= 0.6 is 34.7 Å². The molecule has 5 rings (SSSR count). The Morgan fingerprint density at radius 1 is 1.06 bits per heavy atom. The van der Waals surface area contributed by atoms with Crippen molar-refractivity contribution >= 4 is 46.1 Å². The molecule has 1 aliphatic heterocycles. The van der Waals surface area contributed by atoms with Gasteiger partial charge < -0.3 is 5.11 Å².